The highest BCUT2D eigenvalue weighted by molar-refractivity contribution is 8.23. The topological polar surface area (TPSA) is 131 Å². The molecule has 2 aliphatic heterocycles. The number of urea groups is 1. The summed E-state index contributed by atoms with van der Waals surface area (Å²) in [5, 5.41) is 4.80. The molecule has 0 atom stereocenters. The molecule has 2 aliphatic rings. The predicted molar refractivity (Wildman–Crippen MR) is 134 cm³/mol. The summed E-state index contributed by atoms with van der Waals surface area (Å²) in [6.07, 6.45) is -0.00740. The second kappa shape index (κ2) is 10.0. The van der Waals surface area contributed by atoms with Crippen molar-refractivity contribution in [3.8, 4) is 0 Å². The highest BCUT2D eigenvalue weighted by atomic mass is 32.3. The Hall–Kier alpha value is -3.49. The number of anilines is 2. The number of nitrogens with one attached hydrogen (secondary N) is 2. The van der Waals surface area contributed by atoms with E-state index in [1.165, 1.54) is 17.0 Å². The molecular formula is C24H27F3N4O6S. The molecule has 10 nitrogen and oxygen atoms in total. The zero-order valence-electron chi connectivity index (χ0n) is 20.8. The number of hydrogen-bond donors (Lipinski definition) is 4. The van der Waals surface area contributed by atoms with Gasteiger partial charge in [0.2, 0.25) is 0 Å². The summed E-state index contributed by atoms with van der Waals surface area (Å²) in [7, 11) is -3.91. The molecule has 0 bridgehead atoms. The second-order valence-electron chi connectivity index (χ2n) is 9.89. The summed E-state index contributed by atoms with van der Waals surface area (Å²) in [6.45, 7) is 5.67. The van der Waals surface area contributed by atoms with Crippen molar-refractivity contribution in [3.63, 3.8) is 0 Å². The first-order valence-corrected chi connectivity index (χ1v) is 13.1. The van der Waals surface area contributed by atoms with Crippen LogP contribution in [0.5, 0.6) is 0 Å². The number of halogens is 3. The molecule has 2 aromatic rings. The van der Waals surface area contributed by atoms with Crippen molar-refractivity contribution >= 4 is 40.2 Å². The fourth-order valence-electron chi connectivity index (χ4n) is 4.20. The average molecular weight is 557 g/mol. The van der Waals surface area contributed by atoms with Gasteiger partial charge in [-0.05, 0) is 51.8 Å². The first-order valence-electron chi connectivity index (χ1n) is 11.6. The van der Waals surface area contributed by atoms with E-state index >= 15 is 0 Å². The molecule has 4 N–H and O–H groups in total. The number of carbonyl (C=O) groups is 3. The molecule has 1 fully saturated rings. The number of rotatable bonds is 3. The first kappa shape index (κ1) is 27.5. The zero-order valence-corrected chi connectivity index (χ0v) is 21.6. The van der Waals surface area contributed by atoms with Crippen molar-refractivity contribution in [3.05, 3.63) is 53.3 Å². The first-order chi connectivity index (χ1) is 17.7. The highest BCUT2D eigenvalue weighted by Crippen LogP contribution is 2.59. The van der Waals surface area contributed by atoms with Crippen LogP contribution in [0.15, 0.2) is 35.2 Å². The molecule has 0 aromatic heterocycles. The maximum atomic E-state index is 13.5. The Bertz CT molecular complexity index is 1270. The minimum atomic E-state index is -3.91. The van der Waals surface area contributed by atoms with Crippen LogP contribution in [0.3, 0.4) is 0 Å². The van der Waals surface area contributed by atoms with Crippen LogP contribution in [0, 0.1) is 17.5 Å². The molecule has 206 valence electrons. The number of fused-ring (bicyclic) bond motifs is 1. The van der Waals surface area contributed by atoms with Crippen molar-refractivity contribution in [2.45, 2.75) is 50.2 Å². The Kier molecular flexibility index (Phi) is 7.25. The van der Waals surface area contributed by atoms with Gasteiger partial charge in [-0.3, -0.25) is 13.9 Å². The van der Waals surface area contributed by atoms with Gasteiger partial charge in [-0.1, -0.05) is 10.8 Å². The Labute approximate surface area is 218 Å². The molecule has 1 saturated heterocycles. The van der Waals surface area contributed by atoms with E-state index in [-0.39, 0.29) is 47.8 Å². The molecule has 2 aromatic carbocycles. The van der Waals surface area contributed by atoms with Crippen LogP contribution < -0.4 is 10.6 Å². The summed E-state index contributed by atoms with van der Waals surface area (Å²) in [6, 6.07) is 3.55. The van der Waals surface area contributed by atoms with Crippen LogP contribution in [0.1, 0.15) is 44.0 Å². The summed E-state index contributed by atoms with van der Waals surface area (Å²) in [4.78, 5) is 39.3. The van der Waals surface area contributed by atoms with E-state index in [0.29, 0.717) is 12.1 Å². The molecule has 0 spiro atoms. The minimum absolute atomic E-state index is 0.0767. The molecule has 14 heteroatoms. The average Bonchev–Trinajstić information content (AvgIpc) is 2.81. The molecular weight excluding hydrogens is 529 g/mol. The molecule has 0 unspecified atom stereocenters. The van der Waals surface area contributed by atoms with Gasteiger partial charge < -0.3 is 20.3 Å². The van der Waals surface area contributed by atoms with Gasteiger partial charge in [-0.2, -0.15) is 0 Å². The summed E-state index contributed by atoms with van der Waals surface area (Å²) < 4.78 is 68.9. The summed E-state index contributed by atoms with van der Waals surface area (Å²) in [5.41, 5.74) is -1.05. The molecule has 0 aliphatic carbocycles. The van der Waals surface area contributed by atoms with Gasteiger partial charge in [0.25, 0.3) is 5.91 Å². The lowest BCUT2D eigenvalue weighted by molar-refractivity contribution is 0.0185. The third kappa shape index (κ3) is 5.51. The normalized spacial score (nSPS) is 18.4. The minimum Gasteiger partial charge on any atom is -0.444 e. The van der Waals surface area contributed by atoms with Gasteiger partial charge >= 0.3 is 12.1 Å². The quantitative estimate of drug-likeness (QED) is 0.363. The third-order valence-corrected chi connectivity index (χ3v) is 7.88. The van der Waals surface area contributed by atoms with Crippen molar-refractivity contribution in [1.29, 1.82) is 0 Å². The lowest BCUT2D eigenvalue weighted by Crippen LogP contribution is -2.52. The predicted octanol–water partition coefficient (Wildman–Crippen LogP) is 5.63. The molecule has 0 saturated carbocycles. The molecule has 38 heavy (non-hydrogen) atoms. The number of likely N-dealkylation sites (tertiary alicyclic amines) is 1. The van der Waals surface area contributed by atoms with E-state index in [2.05, 4.69) is 10.6 Å². The Morgan fingerprint density at radius 2 is 1.68 bits per heavy atom. The van der Waals surface area contributed by atoms with Crippen molar-refractivity contribution < 1.29 is 41.4 Å². The van der Waals surface area contributed by atoms with E-state index < -0.39 is 57.9 Å². The Morgan fingerprint density at radius 1 is 1.08 bits per heavy atom. The summed E-state index contributed by atoms with van der Waals surface area (Å²) in [5.74, 6) is -5.52. The number of benzene rings is 2. The molecule has 0 radical (unpaired) electrons. The van der Waals surface area contributed by atoms with E-state index in [4.69, 9.17) is 4.74 Å². The summed E-state index contributed by atoms with van der Waals surface area (Å²) >= 11 is 0. The number of carbonyl (C=O) groups excluding carboxylic acids is 3. The van der Waals surface area contributed by atoms with Gasteiger partial charge in [0.15, 0.2) is 17.5 Å². The number of nitrogens with zero attached hydrogens (tertiary/aromatic N) is 2. The lowest BCUT2D eigenvalue weighted by Gasteiger charge is -2.51. The largest absolute Gasteiger partial charge is 0.444 e. The van der Waals surface area contributed by atoms with E-state index in [0.717, 1.165) is 10.4 Å². The van der Waals surface area contributed by atoms with E-state index in [1.54, 1.807) is 20.8 Å². The SMILES string of the molecule is CC(C)(C)OC(=O)N1CCC(N2C(=O)Nc3ccc(C(=O)Nc4cc(F)c(F)c(F)c4)cc3S2(O)O)CC1. The molecule has 4 amide bonds. The van der Waals surface area contributed by atoms with Crippen LogP contribution in [-0.4, -0.2) is 61.1 Å². The molecule has 4 rings (SSSR count). The Morgan fingerprint density at radius 3 is 2.26 bits per heavy atom. The van der Waals surface area contributed by atoms with E-state index in [1.807, 2.05) is 0 Å². The Balaban J connectivity index is 1.52. The second-order valence-corrected chi connectivity index (χ2v) is 11.8. The van der Waals surface area contributed by atoms with Crippen LogP contribution in [0.2, 0.25) is 0 Å². The number of hydrogen-bond acceptors (Lipinski definition) is 6. The zero-order chi connectivity index (χ0) is 28.0. The fourth-order valence-corrected chi connectivity index (χ4v) is 6.01. The van der Waals surface area contributed by atoms with Gasteiger partial charge in [0, 0.05) is 36.5 Å². The standard InChI is InChI=1S/C24H27F3N4O6S/c1-24(2,3)37-23(34)30-8-6-15(7-9-30)31-22(33)29-18-5-4-13(10-19(18)38(31,35)36)21(32)28-14-11-16(25)20(27)17(26)12-14/h4-5,10-12,15,35-36H,6-9H2,1-3H3,(H,28,32)(H,29,33). The monoisotopic (exact) mass is 556 g/mol. The van der Waals surface area contributed by atoms with Gasteiger partial charge in [0.05, 0.1) is 11.7 Å². The fraction of sp³-hybridized carbons (Fsp3) is 0.375. The van der Waals surface area contributed by atoms with Crippen LogP contribution >= 0.6 is 10.8 Å². The smallest absolute Gasteiger partial charge is 0.410 e. The van der Waals surface area contributed by atoms with Crippen LogP contribution in [0.4, 0.5) is 34.1 Å². The van der Waals surface area contributed by atoms with Crippen molar-refractivity contribution in [2.75, 3.05) is 23.7 Å². The maximum absolute atomic E-state index is 13.5. The van der Waals surface area contributed by atoms with E-state index in [9.17, 15) is 36.7 Å². The van der Waals surface area contributed by atoms with Crippen LogP contribution in [-0.2, 0) is 4.74 Å². The third-order valence-electron chi connectivity index (χ3n) is 5.94. The highest BCUT2D eigenvalue weighted by Gasteiger charge is 2.43. The van der Waals surface area contributed by atoms with Crippen LogP contribution in [0.25, 0.3) is 0 Å². The number of ether oxygens (including phenoxy) is 1. The van der Waals surface area contributed by atoms with Crippen molar-refractivity contribution in [2.24, 2.45) is 0 Å². The maximum Gasteiger partial charge on any atom is 0.410 e. The molecule has 2 heterocycles. The van der Waals surface area contributed by atoms with Gasteiger partial charge in [-0.25, -0.2) is 27.1 Å². The van der Waals surface area contributed by atoms with Gasteiger partial charge in [-0.15, -0.1) is 0 Å². The van der Waals surface area contributed by atoms with Crippen molar-refractivity contribution in [1.82, 2.24) is 9.21 Å². The number of amides is 4. The number of piperidine rings is 1. The lowest BCUT2D eigenvalue weighted by atomic mass is 10.1. The van der Waals surface area contributed by atoms with Gasteiger partial charge in [0.1, 0.15) is 10.5 Å².